The lowest BCUT2D eigenvalue weighted by molar-refractivity contribution is 0.0615. The monoisotopic (exact) mass is 268 g/mol. The van der Waals surface area contributed by atoms with Gasteiger partial charge in [0.15, 0.2) is 0 Å². The normalized spacial score (nSPS) is 12.2. The van der Waals surface area contributed by atoms with Crippen LogP contribution in [0.15, 0.2) is 12.1 Å². The quantitative estimate of drug-likeness (QED) is 0.552. The number of aromatic carboxylic acids is 1. The maximum atomic E-state index is 11.0. The lowest BCUT2D eigenvalue weighted by atomic mass is 10.1. The smallest absolute Gasteiger partial charge is 0.337 e. The van der Waals surface area contributed by atoms with Crippen molar-refractivity contribution in [2.24, 2.45) is 0 Å². The van der Waals surface area contributed by atoms with Crippen LogP contribution >= 0.6 is 0 Å². The minimum Gasteiger partial charge on any atom is -0.478 e. The zero-order chi connectivity index (χ0) is 14.4. The van der Waals surface area contributed by atoms with E-state index in [1.807, 2.05) is 0 Å². The van der Waals surface area contributed by atoms with Gasteiger partial charge in [0.25, 0.3) is 0 Å². The molecular formula is C13H20N2O4. The third-order valence-electron chi connectivity index (χ3n) is 2.78. The van der Waals surface area contributed by atoms with Gasteiger partial charge in [-0.2, -0.15) is 0 Å². The number of aliphatic hydroxyl groups is 1. The third-order valence-corrected chi connectivity index (χ3v) is 2.78. The Morgan fingerprint density at radius 2 is 2.21 bits per heavy atom. The molecule has 1 rings (SSSR count). The lowest BCUT2D eigenvalue weighted by Gasteiger charge is -2.13. The summed E-state index contributed by atoms with van der Waals surface area (Å²) in [5.74, 6) is -1.05. The molecule has 19 heavy (non-hydrogen) atoms. The van der Waals surface area contributed by atoms with E-state index in [-0.39, 0.29) is 17.9 Å². The van der Waals surface area contributed by atoms with Gasteiger partial charge >= 0.3 is 5.97 Å². The largest absolute Gasteiger partial charge is 0.478 e. The predicted octanol–water partition coefficient (Wildman–Crippen LogP) is 1.08. The highest BCUT2D eigenvalue weighted by Gasteiger charge is 2.11. The zero-order valence-corrected chi connectivity index (χ0v) is 11.1. The zero-order valence-electron chi connectivity index (χ0n) is 11.1. The fraction of sp³-hybridized carbons (Fsp3) is 0.462. The Hall–Kier alpha value is -1.79. The average molecular weight is 268 g/mol. The number of nitrogens with one attached hydrogen (secondary N) is 1. The van der Waals surface area contributed by atoms with Crippen molar-refractivity contribution >= 4 is 17.3 Å². The number of carboxylic acid groups (broad SMARTS) is 1. The Balaban J connectivity index is 2.67. The fourth-order valence-electron chi connectivity index (χ4n) is 1.74. The second-order valence-corrected chi connectivity index (χ2v) is 4.38. The summed E-state index contributed by atoms with van der Waals surface area (Å²) < 4.78 is 4.82. The maximum absolute atomic E-state index is 11.0. The molecule has 0 fully saturated rings. The van der Waals surface area contributed by atoms with Crippen LogP contribution in [-0.4, -0.2) is 42.5 Å². The number of hydrogen-bond donors (Lipinski definition) is 4. The van der Waals surface area contributed by atoms with E-state index in [4.69, 9.17) is 15.6 Å². The van der Waals surface area contributed by atoms with E-state index in [1.165, 1.54) is 13.2 Å². The number of nitrogens with two attached hydrogens (primary N) is 1. The van der Waals surface area contributed by atoms with Crippen molar-refractivity contribution in [2.75, 3.05) is 31.3 Å². The van der Waals surface area contributed by atoms with Crippen molar-refractivity contribution in [3.63, 3.8) is 0 Å². The first-order chi connectivity index (χ1) is 8.95. The summed E-state index contributed by atoms with van der Waals surface area (Å²) in [5.41, 5.74) is 7.45. The summed E-state index contributed by atoms with van der Waals surface area (Å²) in [6, 6.07) is 3.28. The number of rotatable bonds is 7. The van der Waals surface area contributed by atoms with Crippen LogP contribution in [0.5, 0.6) is 0 Å². The van der Waals surface area contributed by atoms with Gasteiger partial charge in [0.05, 0.1) is 18.3 Å². The molecule has 1 atom stereocenters. The standard InChI is InChI=1S/C13H20N2O4/c1-8-5-9(6-11(12(8)14)13(17)18)15-4-3-10(16)7-19-2/h5-6,10,15-16H,3-4,7,14H2,1-2H3,(H,17,18). The SMILES string of the molecule is COCC(O)CCNc1cc(C)c(N)c(C(=O)O)c1. The molecule has 1 aromatic rings. The van der Waals surface area contributed by atoms with E-state index in [0.29, 0.717) is 24.2 Å². The van der Waals surface area contributed by atoms with Crippen LogP contribution in [0.1, 0.15) is 22.3 Å². The van der Waals surface area contributed by atoms with E-state index in [2.05, 4.69) is 5.32 Å². The Kier molecular flexibility index (Phi) is 5.59. The molecule has 5 N–H and O–H groups in total. The maximum Gasteiger partial charge on any atom is 0.337 e. The molecule has 0 heterocycles. The number of aryl methyl sites for hydroxylation is 1. The van der Waals surface area contributed by atoms with Crippen molar-refractivity contribution in [1.82, 2.24) is 0 Å². The molecule has 1 unspecified atom stereocenters. The molecule has 0 spiro atoms. The Morgan fingerprint density at radius 3 is 2.79 bits per heavy atom. The van der Waals surface area contributed by atoms with Crippen LogP contribution in [0, 0.1) is 6.92 Å². The van der Waals surface area contributed by atoms with Crippen LogP contribution in [0.2, 0.25) is 0 Å². The van der Waals surface area contributed by atoms with Gasteiger partial charge in [0, 0.05) is 25.0 Å². The fourth-order valence-corrected chi connectivity index (χ4v) is 1.74. The Morgan fingerprint density at radius 1 is 1.53 bits per heavy atom. The minimum absolute atomic E-state index is 0.0833. The van der Waals surface area contributed by atoms with Crippen molar-refractivity contribution in [3.8, 4) is 0 Å². The number of aliphatic hydroxyl groups excluding tert-OH is 1. The lowest BCUT2D eigenvalue weighted by Crippen LogP contribution is -2.18. The third kappa shape index (κ3) is 4.42. The molecular weight excluding hydrogens is 248 g/mol. The summed E-state index contributed by atoms with van der Waals surface area (Å²) in [4.78, 5) is 11.0. The number of methoxy groups -OCH3 is 1. The van der Waals surface area contributed by atoms with Crippen LogP contribution in [0.3, 0.4) is 0 Å². The predicted molar refractivity (Wildman–Crippen MR) is 73.5 cm³/mol. The Bertz CT molecular complexity index is 449. The number of carbonyl (C=O) groups is 1. The average Bonchev–Trinajstić information content (AvgIpc) is 2.33. The molecule has 6 heteroatoms. The van der Waals surface area contributed by atoms with Gasteiger partial charge in [-0.1, -0.05) is 0 Å². The first-order valence-electron chi connectivity index (χ1n) is 6.00. The summed E-state index contributed by atoms with van der Waals surface area (Å²) >= 11 is 0. The van der Waals surface area contributed by atoms with Crippen molar-refractivity contribution in [2.45, 2.75) is 19.4 Å². The summed E-state index contributed by atoms with van der Waals surface area (Å²) in [5, 5.41) is 21.6. The highest BCUT2D eigenvalue weighted by atomic mass is 16.5. The molecule has 0 saturated heterocycles. The summed E-state index contributed by atoms with van der Waals surface area (Å²) in [6.07, 6.45) is -0.0223. The van der Waals surface area contributed by atoms with Crippen molar-refractivity contribution in [1.29, 1.82) is 0 Å². The van der Waals surface area contributed by atoms with Gasteiger partial charge in [-0.25, -0.2) is 4.79 Å². The van der Waals surface area contributed by atoms with Crippen LogP contribution in [0.25, 0.3) is 0 Å². The van der Waals surface area contributed by atoms with Crippen LogP contribution < -0.4 is 11.1 Å². The number of anilines is 2. The minimum atomic E-state index is -1.05. The molecule has 1 aromatic carbocycles. The van der Waals surface area contributed by atoms with E-state index in [1.54, 1.807) is 13.0 Å². The van der Waals surface area contributed by atoms with Crippen molar-refractivity contribution in [3.05, 3.63) is 23.3 Å². The van der Waals surface area contributed by atoms with E-state index in [9.17, 15) is 9.90 Å². The van der Waals surface area contributed by atoms with E-state index in [0.717, 1.165) is 0 Å². The summed E-state index contributed by atoms with van der Waals surface area (Å²) in [6.45, 7) is 2.56. The second kappa shape index (κ2) is 6.96. The number of hydrogen-bond acceptors (Lipinski definition) is 5. The first-order valence-corrected chi connectivity index (χ1v) is 6.00. The van der Waals surface area contributed by atoms with Crippen molar-refractivity contribution < 1.29 is 19.7 Å². The molecule has 0 aliphatic rings. The van der Waals surface area contributed by atoms with Gasteiger partial charge in [0.2, 0.25) is 0 Å². The first kappa shape index (κ1) is 15.3. The number of carboxylic acids is 1. The molecule has 0 radical (unpaired) electrons. The highest BCUT2D eigenvalue weighted by molar-refractivity contribution is 5.95. The van der Waals surface area contributed by atoms with E-state index >= 15 is 0 Å². The van der Waals surface area contributed by atoms with Gasteiger partial charge in [-0.05, 0) is 31.0 Å². The van der Waals surface area contributed by atoms with Gasteiger partial charge in [-0.3, -0.25) is 0 Å². The molecule has 0 aliphatic heterocycles. The van der Waals surface area contributed by atoms with Gasteiger partial charge in [0.1, 0.15) is 0 Å². The Labute approximate surface area is 112 Å². The summed E-state index contributed by atoms with van der Waals surface area (Å²) in [7, 11) is 1.53. The molecule has 6 nitrogen and oxygen atoms in total. The van der Waals surface area contributed by atoms with E-state index < -0.39 is 12.1 Å². The number of ether oxygens (including phenoxy) is 1. The molecule has 0 aromatic heterocycles. The molecule has 0 bridgehead atoms. The van der Waals surface area contributed by atoms with Gasteiger partial charge in [-0.15, -0.1) is 0 Å². The molecule has 0 amide bonds. The highest BCUT2D eigenvalue weighted by Crippen LogP contribution is 2.22. The number of nitrogen functional groups attached to an aromatic ring is 1. The number of benzene rings is 1. The second-order valence-electron chi connectivity index (χ2n) is 4.38. The topological polar surface area (TPSA) is 105 Å². The van der Waals surface area contributed by atoms with Crippen LogP contribution in [-0.2, 0) is 4.74 Å². The van der Waals surface area contributed by atoms with Crippen LogP contribution in [0.4, 0.5) is 11.4 Å². The molecule has 0 aliphatic carbocycles. The molecule has 0 saturated carbocycles. The van der Waals surface area contributed by atoms with Gasteiger partial charge < -0.3 is 26.0 Å². The molecule has 106 valence electrons.